The second kappa shape index (κ2) is 4.27. The lowest BCUT2D eigenvalue weighted by Gasteiger charge is -2.19. The number of pyridine rings is 1. The van der Waals surface area contributed by atoms with E-state index in [-0.39, 0.29) is 12.1 Å². The molecule has 0 spiro atoms. The third-order valence-corrected chi connectivity index (χ3v) is 2.41. The standard InChI is InChI=1S/C10H13N3O2/c11-5-9-7-15-10(14)13(9)6-8-3-1-2-4-12-8/h1-4,9H,5-7,11H2. The Morgan fingerprint density at radius 2 is 2.47 bits per heavy atom. The summed E-state index contributed by atoms with van der Waals surface area (Å²) in [6.45, 7) is 1.25. The van der Waals surface area contributed by atoms with E-state index in [1.54, 1.807) is 11.1 Å². The molecule has 2 rings (SSSR count). The van der Waals surface area contributed by atoms with Crippen molar-refractivity contribution in [3.63, 3.8) is 0 Å². The highest BCUT2D eigenvalue weighted by Gasteiger charge is 2.31. The third kappa shape index (κ3) is 2.07. The number of aromatic nitrogens is 1. The Hall–Kier alpha value is -1.62. The predicted octanol–water partition coefficient (Wildman–Crippen LogP) is 0.361. The van der Waals surface area contributed by atoms with Crippen molar-refractivity contribution >= 4 is 6.09 Å². The molecule has 5 heteroatoms. The number of nitrogens with two attached hydrogens (primary N) is 1. The Morgan fingerprint density at radius 1 is 1.60 bits per heavy atom. The van der Waals surface area contributed by atoms with E-state index in [2.05, 4.69) is 4.98 Å². The van der Waals surface area contributed by atoms with E-state index in [1.807, 2.05) is 18.2 Å². The summed E-state index contributed by atoms with van der Waals surface area (Å²) in [5, 5.41) is 0. The zero-order valence-corrected chi connectivity index (χ0v) is 8.30. The van der Waals surface area contributed by atoms with Crippen LogP contribution in [0, 0.1) is 0 Å². The van der Waals surface area contributed by atoms with Crippen LogP contribution in [0.5, 0.6) is 0 Å². The van der Waals surface area contributed by atoms with Gasteiger partial charge in [-0.3, -0.25) is 9.88 Å². The van der Waals surface area contributed by atoms with Gasteiger partial charge in [0.1, 0.15) is 6.61 Å². The van der Waals surface area contributed by atoms with Gasteiger partial charge in [0.25, 0.3) is 0 Å². The highest BCUT2D eigenvalue weighted by molar-refractivity contribution is 5.70. The first-order chi connectivity index (χ1) is 7.31. The third-order valence-electron chi connectivity index (χ3n) is 2.41. The summed E-state index contributed by atoms with van der Waals surface area (Å²) in [5.41, 5.74) is 6.39. The molecule has 80 valence electrons. The number of hydrogen-bond acceptors (Lipinski definition) is 4. The van der Waals surface area contributed by atoms with E-state index in [0.717, 1.165) is 5.69 Å². The summed E-state index contributed by atoms with van der Waals surface area (Å²) in [5.74, 6) is 0. The quantitative estimate of drug-likeness (QED) is 0.777. The van der Waals surface area contributed by atoms with Crippen LogP contribution in [-0.4, -0.2) is 35.2 Å². The first-order valence-electron chi connectivity index (χ1n) is 4.84. The van der Waals surface area contributed by atoms with Crippen LogP contribution < -0.4 is 5.73 Å². The number of carbonyl (C=O) groups is 1. The minimum absolute atomic E-state index is 0.0282. The molecule has 1 atom stereocenters. The molecule has 2 N–H and O–H groups in total. The van der Waals surface area contributed by atoms with Crippen LogP contribution in [0.2, 0.25) is 0 Å². The van der Waals surface area contributed by atoms with Gasteiger partial charge in [0.2, 0.25) is 0 Å². The second-order valence-corrected chi connectivity index (χ2v) is 3.42. The van der Waals surface area contributed by atoms with Crippen molar-refractivity contribution in [1.29, 1.82) is 0 Å². The smallest absolute Gasteiger partial charge is 0.410 e. The van der Waals surface area contributed by atoms with Gasteiger partial charge in [-0.2, -0.15) is 0 Å². The summed E-state index contributed by atoms with van der Waals surface area (Å²) in [4.78, 5) is 17.1. The summed E-state index contributed by atoms with van der Waals surface area (Å²) in [7, 11) is 0. The van der Waals surface area contributed by atoms with Crippen LogP contribution in [0.3, 0.4) is 0 Å². The normalized spacial score (nSPS) is 20.5. The summed E-state index contributed by atoms with van der Waals surface area (Å²) >= 11 is 0. The van der Waals surface area contributed by atoms with Gasteiger partial charge >= 0.3 is 6.09 Å². The van der Waals surface area contributed by atoms with Crippen LogP contribution >= 0.6 is 0 Å². The van der Waals surface area contributed by atoms with E-state index in [1.165, 1.54) is 0 Å². The highest BCUT2D eigenvalue weighted by atomic mass is 16.6. The average Bonchev–Trinajstić information content (AvgIpc) is 2.62. The number of hydrogen-bond donors (Lipinski definition) is 1. The van der Waals surface area contributed by atoms with Crippen LogP contribution in [0.4, 0.5) is 4.79 Å². The van der Waals surface area contributed by atoms with Crippen LogP contribution in [0.15, 0.2) is 24.4 Å². The van der Waals surface area contributed by atoms with Gasteiger partial charge in [0, 0.05) is 12.7 Å². The Morgan fingerprint density at radius 3 is 3.13 bits per heavy atom. The number of rotatable bonds is 3. The maximum atomic E-state index is 11.4. The fourth-order valence-corrected chi connectivity index (χ4v) is 1.54. The van der Waals surface area contributed by atoms with E-state index in [4.69, 9.17) is 10.5 Å². The molecule has 1 fully saturated rings. The molecule has 15 heavy (non-hydrogen) atoms. The number of cyclic esters (lactones) is 1. The Balaban J connectivity index is 2.07. The lowest BCUT2D eigenvalue weighted by atomic mass is 10.2. The molecule has 0 radical (unpaired) electrons. The number of carbonyl (C=O) groups excluding carboxylic acids is 1. The maximum Gasteiger partial charge on any atom is 0.410 e. The van der Waals surface area contributed by atoms with Crippen LogP contribution in [0.1, 0.15) is 5.69 Å². The zero-order chi connectivity index (χ0) is 10.7. The van der Waals surface area contributed by atoms with Gasteiger partial charge < -0.3 is 10.5 Å². The van der Waals surface area contributed by atoms with E-state index >= 15 is 0 Å². The Labute approximate surface area is 87.8 Å². The molecular formula is C10H13N3O2. The van der Waals surface area contributed by atoms with Crippen molar-refractivity contribution in [2.45, 2.75) is 12.6 Å². The molecule has 5 nitrogen and oxygen atoms in total. The first kappa shape index (κ1) is 9.92. The fourth-order valence-electron chi connectivity index (χ4n) is 1.54. The molecule has 1 unspecified atom stereocenters. The van der Waals surface area contributed by atoms with Gasteiger partial charge in [-0.1, -0.05) is 6.07 Å². The molecule has 1 saturated heterocycles. The van der Waals surface area contributed by atoms with Crippen LogP contribution in [0.25, 0.3) is 0 Å². The highest BCUT2D eigenvalue weighted by Crippen LogP contribution is 2.14. The van der Waals surface area contributed by atoms with Gasteiger partial charge in [0.15, 0.2) is 0 Å². The number of nitrogens with zero attached hydrogens (tertiary/aromatic N) is 2. The molecule has 1 aliphatic heterocycles. The van der Waals surface area contributed by atoms with E-state index in [9.17, 15) is 4.79 Å². The summed E-state index contributed by atoms with van der Waals surface area (Å²) in [6.07, 6.45) is 1.39. The molecule has 1 aromatic rings. The molecule has 1 amide bonds. The predicted molar refractivity (Wildman–Crippen MR) is 54.0 cm³/mol. The first-order valence-corrected chi connectivity index (χ1v) is 4.84. The fraction of sp³-hybridized carbons (Fsp3) is 0.400. The Kier molecular flexibility index (Phi) is 2.82. The van der Waals surface area contributed by atoms with E-state index < -0.39 is 0 Å². The zero-order valence-electron chi connectivity index (χ0n) is 8.30. The van der Waals surface area contributed by atoms with Crippen LogP contribution in [-0.2, 0) is 11.3 Å². The molecule has 1 aliphatic rings. The summed E-state index contributed by atoms with van der Waals surface area (Å²) in [6, 6.07) is 5.58. The largest absolute Gasteiger partial charge is 0.447 e. The molecular weight excluding hydrogens is 194 g/mol. The topological polar surface area (TPSA) is 68.5 Å². The molecule has 0 saturated carbocycles. The maximum absolute atomic E-state index is 11.4. The average molecular weight is 207 g/mol. The summed E-state index contributed by atoms with van der Waals surface area (Å²) < 4.78 is 4.92. The van der Waals surface area contributed by atoms with Crippen molar-refractivity contribution in [3.8, 4) is 0 Å². The minimum atomic E-state index is -0.309. The molecule has 0 aromatic carbocycles. The number of ether oxygens (including phenoxy) is 1. The van der Waals surface area contributed by atoms with Crippen molar-refractivity contribution in [3.05, 3.63) is 30.1 Å². The second-order valence-electron chi connectivity index (χ2n) is 3.42. The number of amides is 1. The van der Waals surface area contributed by atoms with Gasteiger partial charge in [-0.25, -0.2) is 4.79 Å². The van der Waals surface area contributed by atoms with Gasteiger partial charge in [-0.15, -0.1) is 0 Å². The lowest BCUT2D eigenvalue weighted by molar-refractivity contribution is 0.156. The van der Waals surface area contributed by atoms with Gasteiger partial charge in [0.05, 0.1) is 18.3 Å². The van der Waals surface area contributed by atoms with Gasteiger partial charge in [-0.05, 0) is 12.1 Å². The minimum Gasteiger partial charge on any atom is -0.447 e. The Bertz CT molecular complexity index is 342. The van der Waals surface area contributed by atoms with Crippen molar-refractivity contribution in [2.75, 3.05) is 13.2 Å². The van der Waals surface area contributed by atoms with E-state index in [0.29, 0.717) is 19.7 Å². The van der Waals surface area contributed by atoms with Crippen molar-refractivity contribution in [2.24, 2.45) is 5.73 Å². The molecule has 2 heterocycles. The monoisotopic (exact) mass is 207 g/mol. The lowest BCUT2D eigenvalue weighted by Crippen LogP contribution is -2.38. The molecule has 0 bridgehead atoms. The molecule has 0 aliphatic carbocycles. The molecule has 1 aromatic heterocycles. The SMILES string of the molecule is NCC1COC(=O)N1Cc1ccccn1. The van der Waals surface area contributed by atoms with Crippen molar-refractivity contribution < 1.29 is 9.53 Å². The van der Waals surface area contributed by atoms with Crippen molar-refractivity contribution in [1.82, 2.24) is 9.88 Å².